The first-order valence-corrected chi connectivity index (χ1v) is 9.51. The average molecular weight is 341 g/mol. The topological polar surface area (TPSA) is 81.9 Å². The van der Waals surface area contributed by atoms with Crippen molar-refractivity contribution in [1.29, 1.82) is 5.26 Å². The molecule has 2 heterocycles. The number of rotatable bonds is 5. The summed E-state index contributed by atoms with van der Waals surface area (Å²) >= 11 is 0. The van der Waals surface area contributed by atoms with Gasteiger partial charge in [-0.05, 0) is 37.7 Å². The van der Waals surface area contributed by atoms with Crippen molar-refractivity contribution < 1.29 is 4.79 Å². The lowest BCUT2D eigenvalue weighted by Crippen LogP contribution is -2.35. The molecule has 1 saturated carbocycles. The van der Waals surface area contributed by atoms with Crippen LogP contribution < -0.4 is 5.32 Å². The fourth-order valence-corrected chi connectivity index (χ4v) is 4.10. The molecule has 1 unspecified atom stereocenters. The van der Waals surface area contributed by atoms with E-state index in [1.165, 1.54) is 12.8 Å². The first-order valence-electron chi connectivity index (χ1n) is 9.51. The van der Waals surface area contributed by atoms with E-state index in [1.807, 2.05) is 18.7 Å². The molecule has 1 aromatic heterocycles. The van der Waals surface area contributed by atoms with Crippen molar-refractivity contribution in [3.8, 4) is 6.07 Å². The van der Waals surface area contributed by atoms with Crippen LogP contribution in [-0.4, -0.2) is 40.1 Å². The Morgan fingerprint density at radius 1 is 1.24 bits per heavy atom. The molecule has 2 fully saturated rings. The molecule has 6 heteroatoms. The van der Waals surface area contributed by atoms with E-state index in [1.54, 1.807) is 0 Å². The summed E-state index contributed by atoms with van der Waals surface area (Å²) in [6, 6.07) is 2.44. The molecule has 25 heavy (non-hydrogen) atoms. The highest BCUT2D eigenvalue weighted by Gasteiger charge is 2.32. The summed E-state index contributed by atoms with van der Waals surface area (Å²) in [6.07, 6.45) is 6.87. The van der Waals surface area contributed by atoms with Crippen molar-refractivity contribution in [3.05, 3.63) is 16.8 Å². The fraction of sp³-hybridized carbons (Fsp3) is 0.684. The summed E-state index contributed by atoms with van der Waals surface area (Å²) in [4.78, 5) is 14.6. The Hall–Kier alpha value is -2.16. The fourth-order valence-electron chi connectivity index (χ4n) is 4.10. The normalized spacial score (nSPS) is 20.7. The van der Waals surface area contributed by atoms with Gasteiger partial charge in [-0.2, -0.15) is 10.4 Å². The van der Waals surface area contributed by atoms with Crippen LogP contribution in [0.1, 0.15) is 62.8 Å². The Bertz CT molecular complexity index is 675. The number of carbonyl (C=O) groups is 1. The number of hydrogen-bond acceptors (Lipinski definition) is 5. The van der Waals surface area contributed by atoms with Crippen LogP contribution in [0.3, 0.4) is 0 Å². The smallest absolute Gasteiger partial charge is 0.225 e. The predicted molar refractivity (Wildman–Crippen MR) is 96.1 cm³/mol. The minimum absolute atomic E-state index is 0.143. The molecule has 1 aliphatic heterocycles. The number of aromatic nitrogens is 2. The van der Waals surface area contributed by atoms with Gasteiger partial charge < -0.3 is 10.2 Å². The molecule has 134 valence electrons. The van der Waals surface area contributed by atoms with Crippen LogP contribution in [0.25, 0.3) is 0 Å². The van der Waals surface area contributed by atoms with Gasteiger partial charge in [0.25, 0.3) is 0 Å². The molecule has 1 aromatic rings. The van der Waals surface area contributed by atoms with Crippen LogP contribution in [0.15, 0.2) is 0 Å². The maximum absolute atomic E-state index is 12.6. The number of carbonyl (C=O) groups excluding carboxylic acids is 1. The van der Waals surface area contributed by atoms with Crippen molar-refractivity contribution >= 4 is 11.7 Å². The van der Waals surface area contributed by atoms with Gasteiger partial charge in [-0.3, -0.25) is 4.79 Å². The first kappa shape index (κ1) is 17.7. The Morgan fingerprint density at radius 2 is 2.00 bits per heavy atom. The zero-order chi connectivity index (χ0) is 17.8. The summed E-state index contributed by atoms with van der Waals surface area (Å²) in [7, 11) is 0. The number of amides is 1. The third-order valence-corrected chi connectivity index (χ3v) is 5.50. The zero-order valence-corrected chi connectivity index (χ0v) is 15.2. The molecule has 1 aliphatic carbocycles. The van der Waals surface area contributed by atoms with Gasteiger partial charge in [0.2, 0.25) is 5.91 Å². The van der Waals surface area contributed by atoms with Crippen molar-refractivity contribution in [1.82, 2.24) is 15.1 Å². The zero-order valence-electron chi connectivity index (χ0n) is 15.2. The molecular weight excluding hydrogens is 314 g/mol. The Labute approximate surface area is 149 Å². The van der Waals surface area contributed by atoms with Gasteiger partial charge in [-0.25, -0.2) is 0 Å². The SMILES string of the molecule is CCc1nnc(NC2CCN(C(=O)C3CCCC3)C2)c(C#N)c1CC. The van der Waals surface area contributed by atoms with E-state index in [0.29, 0.717) is 23.8 Å². The third kappa shape index (κ3) is 3.60. The third-order valence-electron chi connectivity index (χ3n) is 5.50. The number of likely N-dealkylation sites (tertiary alicyclic amines) is 1. The van der Waals surface area contributed by atoms with E-state index in [4.69, 9.17) is 0 Å². The van der Waals surface area contributed by atoms with Gasteiger partial charge in [0.05, 0.1) is 5.69 Å². The number of hydrogen-bond donors (Lipinski definition) is 1. The summed E-state index contributed by atoms with van der Waals surface area (Å²) in [5, 5.41) is 21.5. The van der Waals surface area contributed by atoms with E-state index in [9.17, 15) is 10.1 Å². The largest absolute Gasteiger partial charge is 0.363 e. The molecule has 1 N–H and O–H groups in total. The lowest BCUT2D eigenvalue weighted by molar-refractivity contribution is -0.134. The van der Waals surface area contributed by atoms with Gasteiger partial charge >= 0.3 is 0 Å². The van der Waals surface area contributed by atoms with Crippen molar-refractivity contribution in [2.75, 3.05) is 18.4 Å². The second kappa shape index (κ2) is 7.81. The number of anilines is 1. The summed E-state index contributed by atoms with van der Waals surface area (Å²) in [5.41, 5.74) is 2.49. The van der Waals surface area contributed by atoms with E-state index in [2.05, 4.69) is 21.6 Å². The number of nitrogens with zero attached hydrogens (tertiary/aromatic N) is 4. The number of aryl methyl sites for hydroxylation is 1. The maximum atomic E-state index is 12.6. The van der Waals surface area contributed by atoms with Crippen molar-refractivity contribution in [2.24, 2.45) is 5.92 Å². The predicted octanol–water partition coefficient (Wildman–Crippen LogP) is 2.68. The monoisotopic (exact) mass is 341 g/mol. The summed E-state index contributed by atoms with van der Waals surface area (Å²) in [6.45, 7) is 5.55. The maximum Gasteiger partial charge on any atom is 0.225 e. The molecule has 0 bridgehead atoms. The van der Waals surface area contributed by atoms with E-state index < -0.39 is 0 Å². The van der Waals surface area contributed by atoms with Gasteiger partial charge in [-0.1, -0.05) is 26.7 Å². The van der Waals surface area contributed by atoms with Crippen LogP contribution in [0.2, 0.25) is 0 Å². The Kier molecular flexibility index (Phi) is 5.52. The molecule has 3 rings (SSSR count). The average Bonchev–Trinajstić information content (AvgIpc) is 3.32. The molecule has 0 radical (unpaired) electrons. The molecule has 1 saturated heterocycles. The minimum Gasteiger partial charge on any atom is -0.363 e. The first-order chi connectivity index (χ1) is 12.2. The second-order valence-electron chi connectivity index (χ2n) is 7.06. The second-order valence-corrected chi connectivity index (χ2v) is 7.06. The highest BCUT2D eigenvalue weighted by molar-refractivity contribution is 5.79. The molecule has 2 aliphatic rings. The number of nitriles is 1. The van der Waals surface area contributed by atoms with Gasteiger partial charge in [0, 0.05) is 25.0 Å². The van der Waals surface area contributed by atoms with Crippen LogP contribution in [0.4, 0.5) is 5.82 Å². The van der Waals surface area contributed by atoms with E-state index in [0.717, 1.165) is 49.9 Å². The minimum atomic E-state index is 0.143. The molecule has 1 amide bonds. The van der Waals surface area contributed by atoms with Gasteiger partial charge in [0.15, 0.2) is 5.82 Å². The van der Waals surface area contributed by atoms with Crippen LogP contribution in [0, 0.1) is 17.2 Å². The summed E-state index contributed by atoms with van der Waals surface area (Å²) < 4.78 is 0. The lowest BCUT2D eigenvalue weighted by atomic mass is 10.0. The molecule has 0 aromatic carbocycles. The van der Waals surface area contributed by atoms with Crippen molar-refractivity contribution in [2.45, 2.75) is 64.8 Å². The van der Waals surface area contributed by atoms with Gasteiger partial charge in [0.1, 0.15) is 11.6 Å². The number of nitrogens with one attached hydrogen (secondary N) is 1. The van der Waals surface area contributed by atoms with Crippen LogP contribution >= 0.6 is 0 Å². The molecule has 0 spiro atoms. The van der Waals surface area contributed by atoms with Gasteiger partial charge in [-0.15, -0.1) is 5.10 Å². The highest BCUT2D eigenvalue weighted by atomic mass is 16.2. The molecule has 6 nitrogen and oxygen atoms in total. The summed E-state index contributed by atoms with van der Waals surface area (Å²) in [5.74, 6) is 1.10. The lowest BCUT2D eigenvalue weighted by Gasteiger charge is -2.21. The van der Waals surface area contributed by atoms with Crippen LogP contribution in [-0.2, 0) is 17.6 Å². The van der Waals surface area contributed by atoms with E-state index in [-0.39, 0.29) is 12.0 Å². The quantitative estimate of drug-likeness (QED) is 0.890. The molecule has 1 atom stereocenters. The van der Waals surface area contributed by atoms with Crippen LogP contribution in [0.5, 0.6) is 0 Å². The Balaban J connectivity index is 1.69. The molecular formula is C19H27N5O. The highest BCUT2D eigenvalue weighted by Crippen LogP contribution is 2.28. The van der Waals surface area contributed by atoms with E-state index >= 15 is 0 Å². The van der Waals surface area contributed by atoms with Crippen molar-refractivity contribution in [3.63, 3.8) is 0 Å². The standard InChI is InChI=1S/C19H27N5O/c1-3-15-16(11-20)18(23-22-17(15)4-2)21-14-9-10-24(12-14)19(25)13-7-5-6-8-13/h13-14H,3-10,12H2,1-2H3,(H,21,23). The Morgan fingerprint density at radius 3 is 2.64 bits per heavy atom.